The van der Waals surface area contributed by atoms with Gasteiger partial charge < -0.3 is 15.6 Å². The van der Waals surface area contributed by atoms with Crippen LogP contribution in [0.25, 0.3) is 0 Å². The lowest BCUT2D eigenvalue weighted by Crippen LogP contribution is -2.25. The van der Waals surface area contributed by atoms with E-state index in [4.69, 9.17) is 10.3 Å². The lowest BCUT2D eigenvalue weighted by molar-refractivity contribution is 0.0987. The van der Waals surface area contributed by atoms with Crippen LogP contribution in [0.1, 0.15) is 30.4 Å². The van der Waals surface area contributed by atoms with E-state index in [1.165, 1.54) is 0 Å². The maximum absolute atomic E-state index is 10.6. The SMILES string of the molecule is CC(C)NCCc1nc(C(N)=O)no1. The summed E-state index contributed by atoms with van der Waals surface area (Å²) in [7, 11) is 0. The largest absolute Gasteiger partial charge is 0.363 e. The zero-order valence-corrected chi connectivity index (χ0v) is 8.28. The van der Waals surface area contributed by atoms with Gasteiger partial charge in [-0.05, 0) is 0 Å². The molecule has 1 rings (SSSR count). The molecule has 6 nitrogen and oxygen atoms in total. The van der Waals surface area contributed by atoms with Gasteiger partial charge in [-0.3, -0.25) is 4.79 Å². The van der Waals surface area contributed by atoms with E-state index in [0.717, 1.165) is 6.54 Å². The third-order valence-corrected chi connectivity index (χ3v) is 1.58. The predicted molar refractivity (Wildman–Crippen MR) is 49.7 cm³/mol. The van der Waals surface area contributed by atoms with Crippen LogP contribution in [0.4, 0.5) is 0 Å². The number of hydrogen-bond acceptors (Lipinski definition) is 5. The Bertz CT molecular complexity index is 308. The number of nitrogens with one attached hydrogen (secondary N) is 1. The molecule has 0 unspecified atom stereocenters. The van der Waals surface area contributed by atoms with Crippen LogP contribution in [0.3, 0.4) is 0 Å². The molecular weight excluding hydrogens is 184 g/mol. The molecule has 0 aromatic carbocycles. The highest BCUT2D eigenvalue weighted by molar-refractivity contribution is 5.88. The Morgan fingerprint density at radius 3 is 2.86 bits per heavy atom. The first-order chi connectivity index (χ1) is 6.59. The van der Waals surface area contributed by atoms with Crippen LogP contribution in [0.5, 0.6) is 0 Å². The summed E-state index contributed by atoms with van der Waals surface area (Å²) in [6, 6.07) is 0.411. The van der Waals surface area contributed by atoms with E-state index >= 15 is 0 Å². The number of rotatable bonds is 5. The van der Waals surface area contributed by atoms with Gasteiger partial charge in [0.1, 0.15) is 0 Å². The van der Waals surface area contributed by atoms with E-state index in [2.05, 4.69) is 15.5 Å². The summed E-state index contributed by atoms with van der Waals surface area (Å²) in [6.07, 6.45) is 0.596. The van der Waals surface area contributed by atoms with Gasteiger partial charge in [-0.2, -0.15) is 4.98 Å². The molecule has 1 aromatic rings. The van der Waals surface area contributed by atoms with Crippen LogP contribution < -0.4 is 11.1 Å². The summed E-state index contributed by atoms with van der Waals surface area (Å²) in [6.45, 7) is 4.82. The highest BCUT2D eigenvalue weighted by Crippen LogP contribution is 1.96. The molecular formula is C8H14N4O2. The molecule has 0 aliphatic rings. The Morgan fingerprint density at radius 2 is 2.36 bits per heavy atom. The van der Waals surface area contributed by atoms with Crippen LogP contribution in [0, 0.1) is 0 Å². The fourth-order valence-electron chi connectivity index (χ4n) is 0.924. The molecule has 1 heterocycles. The fraction of sp³-hybridized carbons (Fsp3) is 0.625. The van der Waals surface area contributed by atoms with Crippen molar-refractivity contribution in [2.45, 2.75) is 26.3 Å². The third-order valence-electron chi connectivity index (χ3n) is 1.58. The standard InChI is InChI=1S/C8H14N4O2/c1-5(2)10-4-3-6-11-8(7(9)13)12-14-6/h5,10H,3-4H2,1-2H3,(H2,9,13). The average Bonchev–Trinajstić information content (AvgIpc) is 2.52. The molecule has 0 aliphatic carbocycles. The third kappa shape index (κ3) is 3.14. The number of carbonyl (C=O) groups is 1. The number of carbonyl (C=O) groups excluding carboxylic acids is 1. The van der Waals surface area contributed by atoms with Crippen molar-refractivity contribution >= 4 is 5.91 Å². The van der Waals surface area contributed by atoms with Crippen LogP contribution in [0.15, 0.2) is 4.52 Å². The van der Waals surface area contributed by atoms with Crippen LogP contribution >= 0.6 is 0 Å². The second kappa shape index (κ2) is 4.71. The summed E-state index contributed by atoms with van der Waals surface area (Å²) in [5.74, 6) is -0.312. The van der Waals surface area contributed by atoms with Crippen molar-refractivity contribution < 1.29 is 9.32 Å². The van der Waals surface area contributed by atoms with E-state index in [1.807, 2.05) is 13.8 Å². The lowest BCUT2D eigenvalue weighted by atomic mass is 10.3. The van der Waals surface area contributed by atoms with Crippen molar-refractivity contribution in [3.63, 3.8) is 0 Å². The Kier molecular flexibility index (Phi) is 3.58. The molecule has 78 valence electrons. The van der Waals surface area contributed by atoms with Gasteiger partial charge in [0.15, 0.2) is 0 Å². The zero-order chi connectivity index (χ0) is 10.6. The topological polar surface area (TPSA) is 94.0 Å². The van der Waals surface area contributed by atoms with Gasteiger partial charge >= 0.3 is 0 Å². The molecule has 1 aromatic heterocycles. The fourth-order valence-corrected chi connectivity index (χ4v) is 0.924. The monoisotopic (exact) mass is 198 g/mol. The lowest BCUT2D eigenvalue weighted by Gasteiger charge is -2.04. The van der Waals surface area contributed by atoms with Gasteiger partial charge in [0.2, 0.25) is 5.89 Å². The van der Waals surface area contributed by atoms with Crippen LogP contribution in [-0.2, 0) is 6.42 Å². The summed E-state index contributed by atoms with van der Waals surface area (Å²) in [5.41, 5.74) is 4.96. The minimum Gasteiger partial charge on any atom is -0.363 e. The number of nitrogens with zero attached hydrogens (tertiary/aromatic N) is 2. The Labute approximate surface area is 81.9 Å². The van der Waals surface area contributed by atoms with Crippen molar-refractivity contribution in [3.8, 4) is 0 Å². The van der Waals surface area contributed by atoms with Gasteiger partial charge in [0.05, 0.1) is 0 Å². The molecule has 14 heavy (non-hydrogen) atoms. The number of nitrogens with two attached hydrogens (primary N) is 1. The smallest absolute Gasteiger partial charge is 0.290 e. The van der Waals surface area contributed by atoms with E-state index in [0.29, 0.717) is 18.4 Å². The predicted octanol–water partition coefficient (Wildman–Crippen LogP) is -0.291. The number of aromatic nitrogens is 2. The maximum atomic E-state index is 10.6. The Morgan fingerprint density at radius 1 is 1.64 bits per heavy atom. The number of primary amides is 1. The van der Waals surface area contributed by atoms with Gasteiger partial charge in [-0.1, -0.05) is 19.0 Å². The molecule has 0 radical (unpaired) electrons. The minimum absolute atomic E-state index is 0.0652. The second-order valence-electron chi connectivity index (χ2n) is 3.23. The van der Waals surface area contributed by atoms with Crippen molar-refractivity contribution in [2.24, 2.45) is 5.73 Å². The molecule has 0 saturated heterocycles. The van der Waals surface area contributed by atoms with E-state index in [1.54, 1.807) is 0 Å². The highest BCUT2D eigenvalue weighted by Gasteiger charge is 2.10. The van der Waals surface area contributed by atoms with Gasteiger partial charge in [0, 0.05) is 19.0 Å². The summed E-state index contributed by atoms with van der Waals surface area (Å²) in [4.78, 5) is 14.4. The molecule has 0 fully saturated rings. The molecule has 0 bridgehead atoms. The average molecular weight is 198 g/mol. The van der Waals surface area contributed by atoms with Crippen LogP contribution in [-0.4, -0.2) is 28.6 Å². The Hall–Kier alpha value is -1.43. The summed E-state index contributed by atoms with van der Waals surface area (Å²) in [5, 5.41) is 6.61. The van der Waals surface area contributed by atoms with E-state index in [-0.39, 0.29) is 5.82 Å². The first-order valence-corrected chi connectivity index (χ1v) is 4.45. The second-order valence-corrected chi connectivity index (χ2v) is 3.23. The van der Waals surface area contributed by atoms with Crippen LogP contribution in [0.2, 0.25) is 0 Å². The molecule has 0 atom stereocenters. The number of amides is 1. The van der Waals surface area contributed by atoms with Crippen molar-refractivity contribution in [1.82, 2.24) is 15.5 Å². The summed E-state index contributed by atoms with van der Waals surface area (Å²) < 4.78 is 4.81. The molecule has 6 heteroatoms. The van der Waals surface area contributed by atoms with Crippen molar-refractivity contribution in [3.05, 3.63) is 11.7 Å². The quantitative estimate of drug-likeness (QED) is 0.678. The minimum atomic E-state index is -0.670. The molecule has 0 aliphatic heterocycles. The first-order valence-electron chi connectivity index (χ1n) is 4.45. The van der Waals surface area contributed by atoms with E-state index < -0.39 is 5.91 Å². The first kappa shape index (κ1) is 10.6. The highest BCUT2D eigenvalue weighted by atomic mass is 16.5. The molecule has 0 spiro atoms. The zero-order valence-electron chi connectivity index (χ0n) is 8.28. The Balaban J connectivity index is 2.40. The summed E-state index contributed by atoms with van der Waals surface area (Å²) >= 11 is 0. The normalized spacial score (nSPS) is 10.8. The maximum Gasteiger partial charge on any atom is 0.290 e. The van der Waals surface area contributed by atoms with Crippen molar-refractivity contribution in [2.75, 3.05) is 6.54 Å². The molecule has 3 N–H and O–H groups in total. The van der Waals surface area contributed by atoms with Gasteiger partial charge in [0.25, 0.3) is 11.7 Å². The van der Waals surface area contributed by atoms with E-state index in [9.17, 15) is 4.79 Å². The van der Waals surface area contributed by atoms with Crippen molar-refractivity contribution in [1.29, 1.82) is 0 Å². The van der Waals surface area contributed by atoms with Gasteiger partial charge in [-0.15, -0.1) is 0 Å². The molecule has 0 saturated carbocycles. The van der Waals surface area contributed by atoms with Gasteiger partial charge in [-0.25, -0.2) is 0 Å². The molecule has 1 amide bonds. The number of hydrogen-bond donors (Lipinski definition) is 2.